The van der Waals surface area contributed by atoms with Gasteiger partial charge in [0, 0.05) is 19.8 Å². The second-order valence-corrected chi connectivity index (χ2v) is 2.98. The molecule has 1 rings (SSSR count). The Hall–Kier alpha value is -1.89. The van der Waals surface area contributed by atoms with Gasteiger partial charge in [0.15, 0.2) is 0 Å². The fourth-order valence-corrected chi connectivity index (χ4v) is 1.03. The molecule has 1 aromatic rings. The summed E-state index contributed by atoms with van der Waals surface area (Å²) in [7, 11) is 1.55. The van der Waals surface area contributed by atoms with Crippen molar-refractivity contribution in [3.05, 3.63) is 11.8 Å². The van der Waals surface area contributed by atoms with Gasteiger partial charge in [-0.15, -0.1) is 0 Å². The zero-order valence-corrected chi connectivity index (χ0v) is 8.34. The van der Waals surface area contributed by atoms with Crippen molar-refractivity contribution >= 4 is 17.7 Å². The Bertz CT molecular complexity index is 368. The van der Waals surface area contributed by atoms with Gasteiger partial charge >= 0.3 is 0 Å². The molecule has 0 saturated carbocycles. The number of hydrogen-bond acceptors (Lipinski definition) is 6. The van der Waals surface area contributed by atoms with Crippen LogP contribution in [0.15, 0.2) is 6.20 Å². The molecule has 0 bridgehead atoms. The summed E-state index contributed by atoms with van der Waals surface area (Å²) in [5.41, 5.74) is 11.0. The molecule has 0 radical (unpaired) electrons. The van der Waals surface area contributed by atoms with Gasteiger partial charge < -0.3 is 21.5 Å². The Balaban J connectivity index is 2.91. The first kappa shape index (κ1) is 11.2. The molecule has 0 aliphatic heterocycles. The lowest BCUT2D eigenvalue weighted by atomic mass is 10.2. The van der Waals surface area contributed by atoms with Crippen LogP contribution in [0.3, 0.4) is 0 Å². The van der Waals surface area contributed by atoms with E-state index in [1.807, 2.05) is 0 Å². The Morgan fingerprint density at radius 3 is 2.80 bits per heavy atom. The number of nitrogen functional groups attached to an aromatic ring is 2. The number of aromatic nitrogens is 2. The highest BCUT2D eigenvalue weighted by atomic mass is 16.3. The smallest absolute Gasteiger partial charge is 0.259 e. The van der Waals surface area contributed by atoms with Gasteiger partial charge in [-0.1, -0.05) is 0 Å². The molecule has 0 aliphatic rings. The number of rotatable bonds is 3. The fourth-order valence-electron chi connectivity index (χ4n) is 1.03. The minimum absolute atomic E-state index is 0.0221. The quantitative estimate of drug-likeness (QED) is 0.572. The number of carbonyl (C=O) groups excluding carboxylic acids is 1. The zero-order chi connectivity index (χ0) is 11.4. The van der Waals surface area contributed by atoms with Crippen molar-refractivity contribution < 1.29 is 9.90 Å². The molecule has 1 amide bonds. The van der Waals surface area contributed by atoms with Crippen LogP contribution in [0.25, 0.3) is 0 Å². The molecule has 0 aromatic carbocycles. The van der Waals surface area contributed by atoms with Gasteiger partial charge in [-0.2, -0.15) is 4.98 Å². The number of hydrogen-bond donors (Lipinski definition) is 3. The van der Waals surface area contributed by atoms with Crippen molar-refractivity contribution in [2.45, 2.75) is 0 Å². The van der Waals surface area contributed by atoms with Crippen LogP contribution in [0.2, 0.25) is 0 Å². The first-order valence-electron chi connectivity index (χ1n) is 4.30. The van der Waals surface area contributed by atoms with Crippen molar-refractivity contribution in [3.63, 3.8) is 0 Å². The number of nitrogens with zero attached hydrogens (tertiary/aromatic N) is 3. The van der Waals surface area contributed by atoms with Crippen LogP contribution in [0, 0.1) is 0 Å². The Morgan fingerprint density at radius 1 is 1.60 bits per heavy atom. The molecule has 82 valence electrons. The number of likely N-dealkylation sites (N-methyl/N-ethyl adjacent to an activating group) is 1. The van der Waals surface area contributed by atoms with Gasteiger partial charge in [0.05, 0.1) is 6.61 Å². The second kappa shape index (κ2) is 4.56. The second-order valence-electron chi connectivity index (χ2n) is 2.98. The number of anilines is 2. The minimum atomic E-state index is -0.346. The van der Waals surface area contributed by atoms with E-state index >= 15 is 0 Å². The average Bonchev–Trinajstić information content (AvgIpc) is 2.17. The summed E-state index contributed by atoms with van der Waals surface area (Å²) >= 11 is 0. The van der Waals surface area contributed by atoms with Crippen molar-refractivity contribution in [3.8, 4) is 0 Å². The third kappa shape index (κ3) is 2.53. The topological polar surface area (TPSA) is 118 Å². The van der Waals surface area contributed by atoms with E-state index in [9.17, 15) is 4.79 Å². The molecule has 5 N–H and O–H groups in total. The van der Waals surface area contributed by atoms with Crippen molar-refractivity contribution in [1.82, 2.24) is 14.9 Å². The Morgan fingerprint density at radius 2 is 2.27 bits per heavy atom. The third-order valence-electron chi connectivity index (χ3n) is 1.85. The van der Waals surface area contributed by atoms with Gasteiger partial charge in [-0.25, -0.2) is 4.98 Å². The third-order valence-corrected chi connectivity index (χ3v) is 1.85. The summed E-state index contributed by atoms with van der Waals surface area (Å²) in [6, 6.07) is 0. The maximum Gasteiger partial charge on any atom is 0.259 e. The van der Waals surface area contributed by atoms with Crippen LogP contribution in [0.5, 0.6) is 0 Å². The zero-order valence-electron chi connectivity index (χ0n) is 8.34. The van der Waals surface area contributed by atoms with Gasteiger partial charge in [-0.05, 0) is 0 Å². The molecule has 0 saturated heterocycles. The van der Waals surface area contributed by atoms with Crippen LogP contribution in [0.4, 0.5) is 11.8 Å². The summed E-state index contributed by atoms with van der Waals surface area (Å²) in [6.07, 6.45) is 1.27. The molecule has 1 aromatic heterocycles. The van der Waals surface area contributed by atoms with E-state index in [4.69, 9.17) is 16.6 Å². The summed E-state index contributed by atoms with van der Waals surface area (Å²) in [5.74, 6) is -0.285. The summed E-state index contributed by atoms with van der Waals surface area (Å²) in [4.78, 5) is 20.4. The van der Waals surface area contributed by atoms with Crippen LogP contribution in [0.1, 0.15) is 10.4 Å². The molecule has 0 fully saturated rings. The van der Waals surface area contributed by atoms with Gasteiger partial charge in [-0.3, -0.25) is 4.79 Å². The summed E-state index contributed by atoms with van der Waals surface area (Å²) < 4.78 is 0. The predicted molar refractivity (Wildman–Crippen MR) is 54.9 cm³/mol. The lowest BCUT2D eigenvalue weighted by Gasteiger charge is -2.15. The highest BCUT2D eigenvalue weighted by molar-refractivity contribution is 5.97. The van der Waals surface area contributed by atoms with E-state index in [1.165, 1.54) is 11.1 Å². The minimum Gasteiger partial charge on any atom is -0.395 e. The fraction of sp³-hybridized carbons (Fsp3) is 0.375. The molecule has 0 aliphatic carbocycles. The van der Waals surface area contributed by atoms with Crippen LogP contribution in [-0.2, 0) is 0 Å². The van der Waals surface area contributed by atoms with Crippen molar-refractivity contribution in [2.75, 3.05) is 31.7 Å². The maximum absolute atomic E-state index is 11.7. The molecule has 0 atom stereocenters. The monoisotopic (exact) mass is 211 g/mol. The lowest BCUT2D eigenvalue weighted by Crippen LogP contribution is -2.30. The van der Waals surface area contributed by atoms with Crippen LogP contribution in [-0.4, -0.2) is 46.1 Å². The molecule has 0 spiro atoms. The van der Waals surface area contributed by atoms with E-state index < -0.39 is 0 Å². The van der Waals surface area contributed by atoms with E-state index in [-0.39, 0.29) is 36.4 Å². The summed E-state index contributed by atoms with van der Waals surface area (Å²) in [5, 5.41) is 8.67. The number of amides is 1. The largest absolute Gasteiger partial charge is 0.395 e. The van der Waals surface area contributed by atoms with Crippen LogP contribution >= 0.6 is 0 Å². The summed E-state index contributed by atoms with van der Waals surface area (Å²) in [6.45, 7) is 0.112. The highest BCUT2D eigenvalue weighted by Gasteiger charge is 2.15. The van der Waals surface area contributed by atoms with E-state index in [1.54, 1.807) is 7.05 Å². The van der Waals surface area contributed by atoms with E-state index in [2.05, 4.69) is 9.97 Å². The van der Waals surface area contributed by atoms with E-state index in [0.29, 0.717) is 0 Å². The maximum atomic E-state index is 11.7. The van der Waals surface area contributed by atoms with Gasteiger partial charge in [0.25, 0.3) is 5.91 Å². The SMILES string of the molecule is CN(CCO)C(=O)c1cnc(N)nc1N. The molecule has 7 nitrogen and oxygen atoms in total. The number of nitrogens with two attached hydrogens (primary N) is 2. The molecule has 1 heterocycles. The molecular formula is C8H13N5O2. The first-order chi connectivity index (χ1) is 7.06. The van der Waals surface area contributed by atoms with Crippen molar-refractivity contribution in [1.29, 1.82) is 0 Å². The molecule has 0 unspecified atom stereocenters. The van der Waals surface area contributed by atoms with Crippen LogP contribution < -0.4 is 11.5 Å². The van der Waals surface area contributed by atoms with E-state index in [0.717, 1.165) is 0 Å². The van der Waals surface area contributed by atoms with Gasteiger partial charge in [0.2, 0.25) is 5.95 Å². The van der Waals surface area contributed by atoms with Gasteiger partial charge in [0.1, 0.15) is 11.4 Å². The predicted octanol–water partition coefficient (Wildman–Crippen LogP) is -1.29. The normalized spacial score (nSPS) is 10.0. The lowest BCUT2D eigenvalue weighted by molar-refractivity contribution is 0.0767. The number of carbonyl (C=O) groups is 1. The number of aliphatic hydroxyl groups excluding tert-OH is 1. The first-order valence-corrected chi connectivity index (χ1v) is 4.30. The molecule has 15 heavy (non-hydrogen) atoms. The van der Waals surface area contributed by atoms with Crippen molar-refractivity contribution in [2.24, 2.45) is 0 Å². The molecular weight excluding hydrogens is 198 g/mol. The highest BCUT2D eigenvalue weighted by Crippen LogP contribution is 2.10. The Kier molecular flexibility index (Phi) is 3.40. The standard InChI is InChI=1S/C8H13N5O2/c1-13(2-3-14)7(15)5-4-11-8(10)12-6(5)9/h4,14H,2-3H2,1H3,(H4,9,10,11,12). The average molecular weight is 211 g/mol. The number of aliphatic hydroxyl groups is 1. The molecule has 7 heteroatoms. The Labute approximate surface area is 86.7 Å².